The van der Waals surface area contributed by atoms with Crippen LogP contribution in [0, 0.1) is 12.0 Å². The van der Waals surface area contributed by atoms with Gasteiger partial charge < -0.3 is 9.84 Å². The largest absolute Gasteiger partial charge is 0.407 e. The molecule has 0 saturated carbocycles. The van der Waals surface area contributed by atoms with Gasteiger partial charge in [0, 0.05) is 0 Å². The Balaban J connectivity index is 2.52. The second-order valence-corrected chi connectivity index (χ2v) is 1.85. The Morgan fingerprint density at radius 3 is 2.64 bits per heavy atom. The van der Waals surface area contributed by atoms with E-state index in [1.807, 2.05) is 18.2 Å². The summed E-state index contributed by atoms with van der Waals surface area (Å²) >= 11 is 0. The summed E-state index contributed by atoms with van der Waals surface area (Å²) in [6.45, 7) is -0.174. The van der Waals surface area contributed by atoms with Crippen molar-refractivity contribution < 1.29 is 9.84 Å². The number of hydrogen-bond donors (Lipinski definition) is 1. The molecule has 1 rings (SSSR count). The Morgan fingerprint density at radius 2 is 2.00 bits per heavy atom. The van der Waals surface area contributed by atoms with Crippen molar-refractivity contribution in [2.75, 3.05) is 6.61 Å². The van der Waals surface area contributed by atoms with Crippen LogP contribution in [-0.4, -0.2) is 11.7 Å². The van der Waals surface area contributed by atoms with E-state index in [1.165, 1.54) is 0 Å². The molecule has 0 unspecified atom stereocenters. The summed E-state index contributed by atoms with van der Waals surface area (Å²) in [5.74, 6) is 3.07. The van der Waals surface area contributed by atoms with Gasteiger partial charge in [-0.2, -0.15) is 0 Å². The molecule has 1 aromatic rings. The molecule has 0 atom stereocenters. The highest BCUT2D eigenvalue weighted by Gasteiger charge is 1.84. The summed E-state index contributed by atoms with van der Waals surface area (Å²) in [7, 11) is 0. The molecule has 1 N–H and O–H groups in total. The van der Waals surface area contributed by atoms with Crippen molar-refractivity contribution in [2.24, 2.45) is 0 Å². The molecule has 2 heteroatoms. The normalized spacial score (nSPS) is 8.09. The predicted octanol–water partition coefficient (Wildman–Crippen LogP) is 1.02. The number of aliphatic hydroxyl groups is 1. The molecule has 0 heterocycles. The molecule has 0 aliphatic carbocycles. The molecule has 0 aliphatic rings. The van der Waals surface area contributed by atoms with Crippen LogP contribution in [0.4, 0.5) is 0 Å². The highest BCUT2D eigenvalue weighted by atomic mass is 16.5. The van der Waals surface area contributed by atoms with Gasteiger partial charge in [0.25, 0.3) is 0 Å². The van der Waals surface area contributed by atoms with Crippen LogP contribution < -0.4 is 4.74 Å². The van der Waals surface area contributed by atoms with Gasteiger partial charge in [-0.3, -0.25) is 0 Å². The fourth-order valence-electron chi connectivity index (χ4n) is 0.616. The van der Waals surface area contributed by atoms with Crippen molar-refractivity contribution in [1.29, 1.82) is 0 Å². The molecule has 0 spiro atoms. The van der Waals surface area contributed by atoms with Crippen molar-refractivity contribution in [3.05, 3.63) is 30.3 Å². The van der Waals surface area contributed by atoms with Gasteiger partial charge in [-0.15, -0.1) is 0 Å². The maximum atomic E-state index is 8.29. The van der Waals surface area contributed by atoms with Crippen LogP contribution in [0.2, 0.25) is 0 Å². The predicted molar refractivity (Wildman–Crippen MR) is 41.9 cm³/mol. The van der Waals surface area contributed by atoms with E-state index in [4.69, 9.17) is 9.84 Å². The van der Waals surface area contributed by atoms with E-state index in [2.05, 4.69) is 12.0 Å². The van der Waals surface area contributed by atoms with E-state index in [9.17, 15) is 0 Å². The summed E-state index contributed by atoms with van der Waals surface area (Å²) in [5, 5.41) is 8.29. The quantitative estimate of drug-likeness (QED) is 0.602. The Kier molecular flexibility index (Phi) is 3.04. The highest BCUT2D eigenvalue weighted by Crippen LogP contribution is 2.06. The van der Waals surface area contributed by atoms with Gasteiger partial charge in [-0.05, 0) is 18.1 Å². The van der Waals surface area contributed by atoms with Gasteiger partial charge >= 0.3 is 0 Å². The van der Waals surface area contributed by atoms with Crippen LogP contribution in [0.5, 0.6) is 5.75 Å². The van der Waals surface area contributed by atoms with Crippen LogP contribution >= 0.6 is 0 Å². The molecule has 0 amide bonds. The Hall–Kier alpha value is -1.46. The van der Waals surface area contributed by atoms with Gasteiger partial charge in [0.2, 0.25) is 0 Å². The number of rotatable bonds is 1. The third-order valence-electron chi connectivity index (χ3n) is 1.06. The smallest absolute Gasteiger partial charge is 0.140 e. The van der Waals surface area contributed by atoms with Gasteiger partial charge in [0.05, 0.1) is 0 Å². The van der Waals surface area contributed by atoms with Gasteiger partial charge in [0.15, 0.2) is 0 Å². The maximum absolute atomic E-state index is 8.29. The molecule has 11 heavy (non-hydrogen) atoms. The van der Waals surface area contributed by atoms with Gasteiger partial charge in [0.1, 0.15) is 18.5 Å². The van der Waals surface area contributed by atoms with Crippen LogP contribution in [0.15, 0.2) is 30.3 Å². The molecule has 56 valence electrons. The Morgan fingerprint density at radius 1 is 1.27 bits per heavy atom. The zero-order valence-electron chi connectivity index (χ0n) is 5.95. The number of aliphatic hydroxyl groups excluding tert-OH is 1. The third kappa shape index (κ3) is 2.74. The summed E-state index contributed by atoms with van der Waals surface area (Å²) < 4.78 is 4.93. The topological polar surface area (TPSA) is 29.5 Å². The monoisotopic (exact) mass is 148 g/mol. The second-order valence-electron chi connectivity index (χ2n) is 1.85. The summed E-state index contributed by atoms with van der Waals surface area (Å²) in [4.78, 5) is 0. The fourth-order valence-corrected chi connectivity index (χ4v) is 0.616. The number of benzene rings is 1. The molecular weight excluding hydrogens is 140 g/mol. The molecule has 0 bridgehead atoms. The van der Waals surface area contributed by atoms with E-state index in [1.54, 1.807) is 12.1 Å². The SMILES string of the molecule is OCC#COc1ccccc1. The average molecular weight is 148 g/mol. The minimum Gasteiger partial charge on any atom is -0.407 e. The van der Waals surface area contributed by atoms with Crippen molar-refractivity contribution >= 4 is 0 Å². The average Bonchev–Trinajstić information content (AvgIpc) is 2.07. The zero-order chi connectivity index (χ0) is 7.94. The number of ether oxygens (including phenoxy) is 1. The molecule has 0 aromatic heterocycles. The first-order chi connectivity index (χ1) is 5.43. The lowest BCUT2D eigenvalue weighted by atomic mass is 10.3. The van der Waals surface area contributed by atoms with Crippen LogP contribution in [0.3, 0.4) is 0 Å². The molecular formula is C9H8O2. The van der Waals surface area contributed by atoms with Crippen molar-refractivity contribution in [3.8, 4) is 17.8 Å². The van der Waals surface area contributed by atoms with Crippen molar-refractivity contribution in [2.45, 2.75) is 0 Å². The Labute approximate surface area is 65.4 Å². The maximum Gasteiger partial charge on any atom is 0.140 e. The van der Waals surface area contributed by atoms with Crippen LogP contribution in [0.25, 0.3) is 0 Å². The number of para-hydroxylation sites is 1. The lowest BCUT2D eigenvalue weighted by molar-refractivity contribution is 0.349. The second kappa shape index (κ2) is 4.37. The first kappa shape index (κ1) is 7.64. The van der Waals surface area contributed by atoms with Crippen molar-refractivity contribution in [3.63, 3.8) is 0 Å². The van der Waals surface area contributed by atoms with E-state index in [0.29, 0.717) is 5.75 Å². The number of hydrogen-bond acceptors (Lipinski definition) is 2. The van der Waals surface area contributed by atoms with E-state index in [-0.39, 0.29) is 6.61 Å². The molecule has 0 aliphatic heterocycles. The first-order valence-electron chi connectivity index (χ1n) is 3.24. The molecule has 1 aromatic carbocycles. The third-order valence-corrected chi connectivity index (χ3v) is 1.06. The minimum atomic E-state index is -0.174. The highest BCUT2D eigenvalue weighted by molar-refractivity contribution is 5.22. The fraction of sp³-hybridized carbons (Fsp3) is 0.111. The van der Waals surface area contributed by atoms with Gasteiger partial charge in [-0.1, -0.05) is 18.2 Å². The summed E-state index contributed by atoms with van der Waals surface area (Å²) in [5.41, 5.74) is 0. The first-order valence-corrected chi connectivity index (χ1v) is 3.24. The summed E-state index contributed by atoms with van der Waals surface area (Å²) in [6, 6.07) is 9.20. The van der Waals surface area contributed by atoms with E-state index < -0.39 is 0 Å². The Bertz CT molecular complexity index is 256. The zero-order valence-corrected chi connectivity index (χ0v) is 5.95. The molecule has 0 saturated heterocycles. The lowest BCUT2D eigenvalue weighted by Crippen LogP contribution is -1.82. The minimum absolute atomic E-state index is 0.174. The lowest BCUT2D eigenvalue weighted by Gasteiger charge is -1.92. The summed E-state index contributed by atoms with van der Waals surface area (Å²) in [6.07, 6.45) is 2.35. The van der Waals surface area contributed by atoms with Crippen LogP contribution in [-0.2, 0) is 0 Å². The van der Waals surface area contributed by atoms with Crippen LogP contribution in [0.1, 0.15) is 0 Å². The molecule has 0 radical (unpaired) electrons. The standard InChI is InChI=1S/C9H8O2/c10-7-4-8-11-9-5-2-1-3-6-9/h1-3,5-6,10H,7H2. The van der Waals surface area contributed by atoms with E-state index in [0.717, 1.165) is 0 Å². The molecule has 0 fully saturated rings. The van der Waals surface area contributed by atoms with Crippen molar-refractivity contribution in [1.82, 2.24) is 0 Å². The molecule has 2 nitrogen and oxygen atoms in total. The van der Waals surface area contributed by atoms with Gasteiger partial charge in [-0.25, -0.2) is 0 Å². The van der Waals surface area contributed by atoms with E-state index >= 15 is 0 Å².